The van der Waals surface area contributed by atoms with E-state index in [2.05, 4.69) is 33.8 Å². The molecule has 0 atom stereocenters. The van der Waals surface area contributed by atoms with Gasteiger partial charge in [-0.3, -0.25) is 5.32 Å². The zero-order chi connectivity index (χ0) is 23.1. The summed E-state index contributed by atoms with van der Waals surface area (Å²) in [4.78, 5) is 21.2. The minimum Gasteiger partial charge on any atom is -0.410 e. The average molecular weight is 457 g/mol. The summed E-state index contributed by atoms with van der Waals surface area (Å²) >= 11 is 1.73. The number of carbonyl (C=O) groups excluding carboxylic acids is 1. The van der Waals surface area contributed by atoms with Crippen molar-refractivity contribution in [2.45, 2.75) is 17.6 Å². The van der Waals surface area contributed by atoms with Crippen LogP contribution in [0.15, 0.2) is 61.4 Å². The molecule has 0 aliphatic heterocycles. The molecule has 0 unspecified atom stereocenters. The number of anilines is 2. The molecule has 1 fully saturated rings. The van der Waals surface area contributed by atoms with Crippen LogP contribution in [0.5, 0.6) is 0 Å². The molecule has 3 rings (SSSR count). The van der Waals surface area contributed by atoms with E-state index in [9.17, 15) is 9.18 Å². The number of halogens is 1. The van der Waals surface area contributed by atoms with Crippen molar-refractivity contribution >= 4 is 29.4 Å². The van der Waals surface area contributed by atoms with Gasteiger partial charge in [-0.15, -0.1) is 0 Å². The molecule has 1 aliphatic rings. The minimum atomic E-state index is -0.853. The number of aliphatic hydroxyl groups excluding tert-OH is 1. The number of nitrogens with zero attached hydrogens (tertiary/aromatic N) is 2. The molecule has 1 aromatic carbocycles. The standard InChI is InChI=1S/C23H25FN4O3S/c1-4-6-16(5-2)31-22(30)26-18-8-7-15(13-17(18)24)21-27-19(23(32-3)9-10-23)14-20(28-21)25-11-12-29/h4-8,13-14,29H,1-2,9-12H2,3H3,(H,26,30)(H,25,27,28)/b16-6+. The lowest BCUT2D eigenvalue weighted by atomic mass is 10.1. The second-order valence-corrected chi connectivity index (χ2v) is 8.22. The fraction of sp³-hybridized carbons (Fsp3) is 0.261. The van der Waals surface area contributed by atoms with Crippen molar-refractivity contribution in [3.05, 3.63) is 72.9 Å². The van der Waals surface area contributed by atoms with Crippen molar-refractivity contribution in [3.8, 4) is 11.4 Å². The van der Waals surface area contributed by atoms with Gasteiger partial charge in [0.2, 0.25) is 0 Å². The van der Waals surface area contributed by atoms with Crippen LogP contribution < -0.4 is 10.6 Å². The second-order valence-electron chi connectivity index (χ2n) is 7.03. The summed E-state index contributed by atoms with van der Waals surface area (Å²) in [7, 11) is 0. The van der Waals surface area contributed by atoms with Crippen molar-refractivity contribution < 1.29 is 19.0 Å². The molecule has 1 aromatic heterocycles. The van der Waals surface area contributed by atoms with E-state index in [0.717, 1.165) is 18.5 Å². The molecule has 0 spiro atoms. The van der Waals surface area contributed by atoms with Gasteiger partial charge in [0.1, 0.15) is 17.4 Å². The van der Waals surface area contributed by atoms with E-state index in [4.69, 9.17) is 9.84 Å². The van der Waals surface area contributed by atoms with E-state index >= 15 is 0 Å². The smallest absolute Gasteiger partial charge is 0.410 e. The quantitative estimate of drug-likeness (QED) is 0.348. The van der Waals surface area contributed by atoms with E-state index in [1.165, 1.54) is 30.4 Å². The lowest BCUT2D eigenvalue weighted by Gasteiger charge is -2.15. The van der Waals surface area contributed by atoms with Crippen LogP contribution in [0.2, 0.25) is 0 Å². The average Bonchev–Trinajstić information content (AvgIpc) is 3.60. The minimum absolute atomic E-state index is 0.0387. The number of carbonyl (C=O) groups is 1. The maximum Gasteiger partial charge on any atom is 0.417 e. The third kappa shape index (κ3) is 5.54. The van der Waals surface area contributed by atoms with Crippen molar-refractivity contribution in [1.29, 1.82) is 0 Å². The topological polar surface area (TPSA) is 96.4 Å². The normalized spacial score (nSPS) is 14.4. The lowest BCUT2D eigenvalue weighted by Crippen LogP contribution is -2.14. The summed E-state index contributed by atoms with van der Waals surface area (Å²) < 4.78 is 19.7. The van der Waals surface area contributed by atoms with Crippen LogP contribution in [0.25, 0.3) is 11.4 Å². The van der Waals surface area contributed by atoms with Crippen LogP contribution in [0.1, 0.15) is 18.5 Å². The molecule has 9 heteroatoms. The first-order valence-electron chi connectivity index (χ1n) is 9.98. The van der Waals surface area contributed by atoms with E-state index in [1.807, 2.05) is 12.3 Å². The summed E-state index contributed by atoms with van der Waals surface area (Å²) in [6.07, 6.45) is 7.45. The molecule has 32 heavy (non-hydrogen) atoms. The van der Waals surface area contributed by atoms with E-state index in [-0.39, 0.29) is 22.8 Å². The predicted molar refractivity (Wildman–Crippen MR) is 126 cm³/mol. The Morgan fingerprint density at radius 2 is 2.12 bits per heavy atom. The molecule has 2 aromatic rings. The summed E-state index contributed by atoms with van der Waals surface area (Å²) in [6, 6.07) is 6.19. The highest BCUT2D eigenvalue weighted by Crippen LogP contribution is 2.55. The van der Waals surface area contributed by atoms with E-state index in [1.54, 1.807) is 17.8 Å². The Morgan fingerprint density at radius 1 is 1.34 bits per heavy atom. The van der Waals surface area contributed by atoms with E-state index < -0.39 is 11.9 Å². The molecule has 1 saturated carbocycles. The summed E-state index contributed by atoms with van der Waals surface area (Å²) in [6.45, 7) is 7.36. The maximum atomic E-state index is 14.8. The van der Waals surface area contributed by atoms with Gasteiger partial charge in [-0.25, -0.2) is 19.2 Å². The number of benzene rings is 1. The van der Waals surface area contributed by atoms with Crippen molar-refractivity contribution in [1.82, 2.24) is 9.97 Å². The first kappa shape index (κ1) is 23.5. The summed E-state index contributed by atoms with van der Waals surface area (Å²) in [5.74, 6) is 0.457. The number of aromatic nitrogens is 2. The molecule has 0 bridgehead atoms. The summed E-state index contributed by atoms with van der Waals surface area (Å²) in [5, 5.41) is 14.5. The molecular weight excluding hydrogens is 431 g/mol. The van der Waals surface area contributed by atoms with Gasteiger partial charge in [0.05, 0.1) is 22.7 Å². The molecule has 1 amide bonds. The number of hydrogen-bond donors (Lipinski definition) is 3. The number of amides is 1. The van der Waals surface area contributed by atoms with Gasteiger partial charge in [-0.2, -0.15) is 11.8 Å². The Labute approximate surface area is 190 Å². The Balaban J connectivity index is 1.85. The zero-order valence-electron chi connectivity index (χ0n) is 17.7. The number of hydrogen-bond acceptors (Lipinski definition) is 7. The molecule has 1 aliphatic carbocycles. The number of thioether (sulfide) groups is 1. The monoisotopic (exact) mass is 456 g/mol. The third-order valence-corrected chi connectivity index (χ3v) is 6.26. The highest BCUT2D eigenvalue weighted by molar-refractivity contribution is 7.99. The molecule has 1 heterocycles. The molecule has 3 N–H and O–H groups in total. The fourth-order valence-corrected chi connectivity index (χ4v) is 3.84. The van der Waals surface area contributed by atoms with E-state index in [0.29, 0.717) is 23.8 Å². The van der Waals surface area contributed by atoms with Gasteiger partial charge in [-0.05, 0) is 49.4 Å². The van der Waals surface area contributed by atoms with Crippen LogP contribution in [0, 0.1) is 5.82 Å². The Hall–Kier alpha value is -3.17. The van der Waals surface area contributed by atoms with Gasteiger partial charge < -0.3 is 15.2 Å². The SMILES string of the molecule is C=C/C=C(\C=C)OC(=O)Nc1ccc(-c2nc(NCCO)cc(C3(SC)CC3)n2)cc1F. The fourth-order valence-electron chi connectivity index (χ4n) is 3.02. The Kier molecular flexibility index (Phi) is 7.66. The predicted octanol–water partition coefficient (Wildman–Crippen LogP) is 4.84. The zero-order valence-corrected chi connectivity index (χ0v) is 18.5. The highest BCUT2D eigenvalue weighted by atomic mass is 32.2. The number of nitrogens with one attached hydrogen (secondary N) is 2. The number of aliphatic hydroxyl groups is 1. The first-order chi connectivity index (χ1) is 15.4. The Morgan fingerprint density at radius 3 is 2.72 bits per heavy atom. The van der Waals surface area contributed by atoms with Crippen LogP contribution in [-0.2, 0) is 9.48 Å². The number of rotatable bonds is 10. The first-order valence-corrected chi connectivity index (χ1v) is 11.2. The lowest BCUT2D eigenvalue weighted by molar-refractivity contribution is 0.194. The van der Waals surface area contributed by atoms with Crippen LogP contribution in [0.4, 0.5) is 20.7 Å². The number of allylic oxidation sites excluding steroid dienone is 3. The highest BCUT2D eigenvalue weighted by Gasteiger charge is 2.45. The van der Waals surface area contributed by atoms with Crippen LogP contribution in [0.3, 0.4) is 0 Å². The van der Waals surface area contributed by atoms with Crippen molar-refractivity contribution in [3.63, 3.8) is 0 Å². The van der Waals surface area contributed by atoms with Crippen LogP contribution >= 0.6 is 11.8 Å². The second kappa shape index (κ2) is 10.4. The van der Waals surface area contributed by atoms with Crippen LogP contribution in [-0.4, -0.2) is 40.6 Å². The van der Waals surface area contributed by atoms with Gasteiger partial charge in [0.25, 0.3) is 0 Å². The largest absolute Gasteiger partial charge is 0.417 e. The Bertz CT molecular complexity index is 1050. The molecule has 0 saturated heterocycles. The van der Waals surface area contributed by atoms with Gasteiger partial charge in [-0.1, -0.05) is 19.2 Å². The molecule has 7 nitrogen and oxygen atoms in total. The van der Waals surface area contributed by atoms with Crippen molar-refractivity contribution in [2.24, 2.45) is 0 Å². The van der Waals surface area contributed by atoms with Crippen molar-refractivity contribution in [2.75, 3.05) is 30.0 Å². The molecule has 168 valence electrons. The van der Waals surface area contributed by atoms with Gasteiger partial charge in [0.15, 0.2) is 5.82 Å². The van der Waals surface area contributed by atoms with Gasteiger partial charge >= 0.3 is 6.09 Å². The maximum absolute atomic E-state index is 14.8. The molecule has 0 radical (unpaired) electrons. The van der Waals surface area contributed by atoms with Gasteiger partial charge in [0, 0.05) is 18.2 Å². The molecular formula is C23H25FN4O3S. The third-order valence-electron chi connectivity index (χ3n) is 4.86. The summed E-state index contributed by atoms with van der Waals surface area (Å²) in [5.41, 5.74) is 1.29. The number of ether oxygens (including phenoxy) is 1.